The fourth-order valence-electron chi connectivity index (χ4n) is 1.89. The van der Waals surface area contributed by atoms with E-state index in [1.807, 2.05) is 12.4 Å². The third kappa shape index (κ3) is 2.87. The van der Waals surface area contributed by atoms with Crippen LogP contribution in [-0.2, 0) is 6.54 Å². The Morgan fingerprint density at radius 3 is 2.60 bits per heavy atom. The minimum atomic E-state index is 0. The topological polar surface area (TPSA) is 55.0 Å². The maximum atomic E-state index is 5.44. The first-order chi connectivity index (χ1) is 6.79. The highest BCUT2D eigenvalue weighted by Crippen LogP contribution is 2.24. The molecule has 2 heterocycles. The number of hydrogen-bond donors (Lipinski definition) is 1. The number of likely N-dealkylation sites (N-methyl/N-ethyl adjacent to an activating group) is 1. The van der Waals surface area contributed by atoms with Crippen LogP contribution in [0.3, 0.4) is 0 Å². The molecule has 0 aromatic carbocycles. The van der Waals surface area contributed by atoms with Gasteiger partial charge in [-0.05, 0) is 25.6 Å². The number of nitrogens with zero attached hydrogens (tertiary/aromatic N) is 3. The molecule has 1 aromatic heterocycles. The van der Waals surface area contributed by atoms with Gasteiger partial charge < -0.3 is 10.6 Å². The summed E-state index contributed by atoms with van der Waals surface area (Å²) in [6, 6.07) is 0. The van der Waals surface area contributed by atoms with Crippen molar-refractivity contribution in [3.8, 4) is 0 Å². The van der Waals surface area contributed by atoms with Crippen molar-refractivity contribution in [1.82, 2.24) is 14.9 Å². The fourth-order valence-corrected chi connectivity index (χ4v) is 1.89. The molecule has 15 heavy (non-hydrogen) atoms. The van der Waals surface area contributed by atoms with Gasteiger partial charge in [0.25, 0.3) is 0 Å². The third-order valence-corrected chi connectivity index (χ3v) is 2.77. The van der Waals surface area contributed by atoms with E-state index in [2.05, 4.69) is 21.9 Å². The molecule has 1 fully saturated rings. The largest absolute Gasteiger partial charge is 0.324 e. The van der Waals surface area contributed by atoms with E-state index in [0.29, 0.717) is 12.5 Å². The number of nitrogens with two attached hydrogens (primary N) is 1. The van der Waals surface area contributed by atoms with Gasteiger partial charge in [-0.3, -0.25) is 0 Å². The Morgan fingerprint density at radius 1 is 1.47 bits per heavy atom. The molecule has 1 aromatic rings. The predicted molar refractivity (Wildman–Crippen MR) is 62.0 cm³/mol. The lowest BCUT2D eigenvalue weighted by Crippen LogP contribution is -2.13. The van der Waals surface area contributed by atoms with E-state index >= 15 is 0 Å². The van der Waals surface area contributed by atoms with Crippen LogP contribution in [0.2, 0.25) is 0 Å². The molecule has 1 aliphatic rings. The molecule has 0 bridgehead atoms. The molecule has 0 saturated carbocycles. The van der Waals surface area contributed by atoms with E-state index in [0.717, 1.165) is 12.4 Å². The van der Waals surface area contributed by atoms with Gasteiger partial charge in [0.05, 0.1) is 6.54 Å². The second-order valence-corrected chi connectivity index (χ2v) is 3.88. The maximum Gasteiger partial charge on any atom is 0.141 e. The minimum Gasteiger partial charge on any atom is -0.324 e. The van der Waals surface area contributed by atoms with Gasteiger partial charge in [-0.1, -0.05) is 0 Å². The first-order valence-electron chi connectivity index (χ1n) is 4.99. The van der Waals surface area contributed by atoms with Gasteiger partial charge in [-0.15, -0.1) is 12.4 Å². The van der Waals surface area contributed by atoms with Crippen LogP contribution in [-0.4, -0.2) is 35.0 Å². The molecule has 0 amide bonds. The summed E-state index contributed by atoms with van der Waals surface area (Å²) in [6.45, 7) is 2.71. The van der Waals surface area contributed by atoms with Crippen molar-refractivity contribution >= 4 is 12.4 Å². The van der Waals surface area contributed by atoms with Crippen molar-refractivity contribution in [2.24, 2.45) is 5.73 Å². The Kier molecular flexibility index (Phi) is 4.45. The number of rotatable bonds is 2. The molecule has 4 nitrogen and oxygen atoms in total. The van der Waals surface area contributed by atoms with Crippen molar-refractivity contribution in [2.75, 3.05) is 20.1 Å². The SMILES string of the molecule is CN1CCC(c2cnc(CN)nc2)C1.Cl. The lowest BCUT2D eigenvalue weighted by atomic mass is 10.0. The van der Waals surface area contributed by atoms with Crippen molar-refractivity contribution < 1.29 is 0 Å². The fraction of sp³-hybridized carbons (Fsp3) is 0.600. The van der Waals surface area contributed by atoms with Gasteiger partial charge in [-0.25, -0.2) is 9.97 Å². The van der Waals surface area contributed by atoms with E-state index in [1.165, 1.54) is 18.5 Å². The van der Waals surface area contributed by atoms with Gasteiger partial charge in [0.15, 0.2) is 0 Å². The summed E-state index contributed by atoms with van der Waals surface area (Å²) in [5, 5.41) is 0. The summed E-state index contributed by atoms with van der Waals surface area (Å²) in [4.78, 5) is 10.8. The molecule has 0 radical (unpaired) electrons. The van der Waals surface area contributed by atoms with Crippen LogP contribution in [0.4, 0.5) is 0 Å². The molecule has 1 saturated heterocycles. The highest BCUT2D eigenvalue weighted by Gasteiger charge is 2.21. The van der Waals surface area contributed by atoms with Crippen molar-refractivity contribution in [3.05, 3.63) is 23.8 Å². The summed E-state index contributed by atoms with van der Waals surface area (Å²) >= 11 is 0. The Balaban J connectivity index is 0.00000112. The number of likely N-dealkylation sites (tertiary alicyclic amines) is 1. The second-order valence-electron chi connectivity index (χ2n) is 3.88. The first-order valence-corrected chi connectivity index (χ1v) is 4.99. The summed E-state index contributed by atoms with van der Waals surface area (Å²) in [5.74, 6) is 1.33. The van der Waals surface area contributed by atoms with E-state index in [4.69, 9.17) is 5.73 Å². The molecule has 84 valence electrons. The highest BCUT2D eigenvalue weighted by molar-refractivity contribution is 5.85. The number of aromatic nitrogens is 2. The lowest BCUT2D eigenvalue weighted by molar-refractivity contribution is 0.411. The second kappa shape index (κ2) is 5.39. The maximum absolute atomic E-state index is 5.44. The average Bonchev–Trinajstić information content (AvgIpc) is 2.65. The summed E-state index contributed by atoms with van der Waals surface area (Å²) < 4.78 is 0. The first kappa shape index (κ1) is 12.4. The van der Waals surface area contributed by atoms with E-state index in [1.54, 1.807) is 0 Å². The van der Waals surface area contributed by atoms with Gasteiger partial charge in [0.1, 0.15) is 5.82 Å². The molecule has 0 spiro atoms. The Bertz CT molecular complexity index is 301. The minimum absolute atomic E-state index is 0. The molecule has 0 aliphatic carbocycles. The van der Waals surface area contributed by atoms with Crippen LogP contribution >= 0.6 is 12.4 Å². The van der Waals surface area contributed by atoms with Crippen LogP contribution in [0, 0.1) is 0 Å². The smallest absolute Gasteiger partial charge is 0.141 e. The summed E-state index contributed by atoms with van der Waals surface area (Å²) in [7, 11) is 2.15. The average molecular weight is 229 g/mol. The van der Waals surface area contributed by atoms with Crippen LogP contribution in [0.5, 0.6) is 0 Å². The van der Waals surface area contributed by atoms with E-state index in [-0.39, 0.29) is 12.4 Å². The Morgan fingerprint density at radius 2 is 2.13 bits per heavy atom. The molecular formula is C10H17ClN4. The number of halogens is 1. The monoisotopic (exact) mass is 228 g/mol. The zero-order valence-corrected chi connectivity index (χ0v) is 9.70. The zero-order chi connectivity index (χ0) is 9.97. The number of hydrogen-bond acceptors (Lipinski definition) is 4. The van der Waals surface area contributed by atoms with Crippen LogP contribution in [0.25, 0.3) is 0 Å². The van der Waals surface area contributed by atoms with Crippen molar-refractivity contribution in [1.29, 1.82) is 0 Å². The molecule has 2 N–H and O–H groups in total. The Hall–Kier alpha value is -0.710. The van der Waals surface area contributed by atoms with E-state index < -0.39 is 0 Å². The molecule has 1 atom stereocenters. The van der Waals surface area contributed by atoms with Crippen molar-refractivity contribution in [3.63, 3.8) is 0 Å². The van der Waals surface area contributed by atoms with Crippen molar-refractivity contribution in [2.45, 2.75) is 18.9 Å². The summed E-state index contributed by atoms with van der Waals surface area (Å²) in [6.07, 6.45) is 5.04. The molecule has 1 aliphatic heterocycles. The van der Waals surface area contributed by atoms with Gasteiger partial charge >= 0.3 is 0 Å². The predicted octanol–water partition coefficient (Wildman–Crippen LogP) is 0.776. The molecule has 2 rings (SSSR count). The van der Waals surface area contributed by atoms with E-state index in [9.17, 15) is 0 Å². The zero-order valence-electron chi connectivity index (χ0n) is 8.89. The van der Waals surface area contributed by atoms with Gasteiger partial charge in [-0.2, -0.15) is 0 Å². The quantitative estimate of drug-likeness (QED) is 0.813. The third-order valence-electron chi connectivity index (χ3n) is 2.77. The van der Waals surface area contributed by atoms with Crippen LogP contribution in [0.15, 0.2) is 12.4 Å². The standard InChI is InChI=1S/C10H16N4.ClH/c1-14-3-2-8(7-14)9-5-12-10(4-11)13-6-9;/h5-6,8H,2-4,7,11H2,1H3;1H. The Labute approximate surface area is 96.3 Å². The molecule has 5 heteroatoms. The molecule has 1 unspecified atom stereocenters. The van der Waals surface area contributed by atoms with Gasteiger partial charge in [0.2, 0.25) is 0 Å². The van der Waals surface area contributed by atoms with Gasteiger partial charge in [0, 0.05) is 24.9 Å². The molecular weight excluding hydrogens is 212 g/mol. The lowest BCUT2D eigenvalue weighted by Gasteiger charge is -2.09. The highest BCUT2D eigenvalue weighted by atomic mass is 35.5. The summed E-state index contributed by atoms with van der Waals surface area (Å²) in [5.41, 5.74) is 6.68. The normalized spacial score (nSPS) is 21.3. The van der Waals surface area contributed by atoms with Crippen LogP contribution < -0.4 is 5.73 Å². The van der Waals surface area contributed by atoms with Crippen LogP contribution in [0.1, 0.15) is 23.7 Å².